The van der Waals surface area contributed by atoms with E-state index in [0.29, 0.717) is 45.1 Å². The van der Waals surface area contributed by atoms with E-state index in [9.17, 15) is 10.1 Å². The molecule has 0 aliphatic heterocycles. The Hall–Kier alpha value is -4.25. The number of ether oxygens (including phenoxy) is 3. The molecule has 4 rings (SSSR count). The first kappa shape index (κ1) is 20.0. The Morgan fingerprint density at radius 2 is 1.71 bits per heavy atom. The van der Waals surface area contributed by atoms with Crippen LogP contribution in [-0.4, -0.2) is 36.1 Å². The number of H-pyrrole nitrogens is 1. The van der Waals surface area contributed by atoms with E-state index in [1.54, 1.807) is 16.8 Å². The third-order valence-electron chi connectivity index (χ3n) is 5.11. The SMILES string of the molecule is COc1ccc(-c2c(C#N)c(=O)[nH]c3c2c(C)nn3-c2ccccc2)c(OC)c1OC. The molecule has 1 N–H and O–H groups in total. The van der Waals surface area contributed by atoms with Gasteiger partial charge in [0.2, 0.25) is 5.75 Å². The summed E-state index contributed by atoms with van der Waals surface area (Å²) in [7, 11) is 4.52. The van der Waals surface area contributed by atoms with Gasteiger partial charge in [0.05, 0.1) is 32.7 Å². The Morgan fingerprint density at radius 3 is 2.32 bits per heavy atom. The van der Waals surface area contributed by atoms with E-state index in [0.717, 1.165) is 5.69 Å². The lowest BCUT2D eigenvalue weighted by Gasteiger charge is -2.17. The molecule has 8 heteroatoms. The Balaban J connectivity index is 2.17. The summed E-state index contributed by atoms with van der Waals surface area (Å²) >= 11 is 0. The third kappa shape index (κ3) is 3.07. The number of benzene rings is 2. The zero-order valence-corrected chi connectivity index (χ0v) is 17.5. The standard InChI is InChI=1S/C23H20N4O4/c1-13-18-19(15-10-11-17(29-2)21(31-4)20(15)30-3)16(12-24)23(28)25-22(18)27(26-13)14-8-6-5-7-9-14/h5-11H,1-4H3,(H,25,28). The molecule has 2 heterocycles. The van der Waals surface area contributed by atoms with Crippen LogP contribution in [0.25, 0.3) is 27.8 Å². The monoisotopic (exact) mass is 416 g/mol. The van der Waals surface area contributed by atoms with Crippen LogP contribution in [0.4, 0.5) is 0 Å². The van der Waals surface area contributed by atoms with Crippen molar-refractivity contribution >= 4 is 11.0 Å². The van der Waals surface area contributed by atoms with E-state index in [4.69, 9.17) is 14.2 Å². The number of rotatable bonds is 5. The topological polar surface area (TPSA) is 102 Å². The van der Waals surface area contributed by atoms with Gasteiger partial charge in [-0.15, -0.1) is 0 Å². The molecule has 0 fully saturated rings. The quantitative estimate of drug-likeness (QED) is 0.533. The first-order valence-electron chi connectivity index (χ1n) is 9.46. The second-order valence-corrected chi connectivity index (χ2v) is 6.75. The van der Waals surface area contributed by atoms with Gasteiger partial charge < -0.3 is 19.2 Å². The van der Waals surface area contributed by atoms with Gasteiger partial charge in [0.25, 0.3) is 5.56 Å². The fourth-order valence-corrected chi connectivity index (χ4v) is 3.78. The van der Waals surface area contributed by atoms with E-state index in [1.807, 2.05) is 43.3 Å². The van der Waals surface area contributed by atoms with Gasteiger partial charge >= 0.3 is 0 Å². The molecule has 0 unspecified atom stereocenters. The maximum absolute atomic E-state index is 12.9. The molecule has 0 atom stereocenters. The number of nitrogens with zero attached hydrogens (tertiary/aromatic N) is 3. The minimum atomic E-state index is -0.515. The predicted octanol–water partition coefficient (Wildman–Crippen LogP) is 3.59. The third-order valence-corrected chi connectivity index (χ3v) is 5.11. The molecule has 2 aromatic heterocycles. The van der Waals surface area contributed by atoms with Crippen LogP contribution < -0.4 is 19.8 Å². The van der Waals surface area contributed by atoms with Crippen LogP contribution in [0.1, 0.15) is 11.3 Å². The summed E-state index contributed by atoms with van der Waals surface area (Å²) < 4.78 is 18.2. The van der Waals surface area contributed by atoms with Crippen LogP contribution in [0.5, 0.6) is 17.2 Å². The normalized spacial score (nSPS) is 10.7. The number of nitrogens with one attached hydrogen (secondary N) is 1. The summed E-state index contributed by atoms with van der Waals surface area (Å²) in [6, 6.07) is 14.9. The Labute approximate surface area is 178 Å². The van der Waals surface area contributed by atoms with E-state index < -0.39 is 5.56 Å². The molecule has 0 radical (unpaired) electrons. The number of aromatic nitrogens is 3. The highest BCUT2D eigenvalue weighted by Gasteiger charge is 2.26. The predicted molar refractivity (Wildman–Crippen MR) is 116 cm³/mol. The Morgan fingerprint density at radius 1 is 1.00 bits per heavy atom. The molecule has 0 saturated carbocycles. The van der Waals surface area contributed by atoms with Crippen molar-refractivity contribution in [1.82, 2.24) is 14.8 Å². The smallest absolute Gasteiger partial charge is 0.268 e. The van der Waals surface area contributed by atoms with Crippen molar-refractivity contribution in [2.75, 3.05) is 21.3 Å². The van der Waals surface area contributed by atoms with Gasteiger partial charge in [0.15, 0.2) is 11.5 Å². The van der Waals surface area contributed by atoms with Crippen molar-refractivity contribution < 1.29 is 14.2 Å². The number of hydrogen-bond donors (Lipinski definition) is 1. The highest BCUT2D eigenvalue weighted by molar-refractivity contribution is 6.00. The maximum atomic E-state index is 12.9. The fraction of sp³-hybridized carbons (Fsp3) is 0.174. The number of hydrogen-bond acceptors (Lipinski definition) is 6. The van der Waals surface area contributed by atoms with E-state index in [-0.39, 0.29) is 5.56 Å². The average Bonchev–Trinajstić information content (AvgIpc) is 3.13. The number of para-hydroxylation sites is 1. The number of nitriles is 1. The minimum Gasteiger partial charge on any atom is -0.493 e. The van der Waals surface area contributed by atoms with Gasteiger partial charge in [-0.3, -0.25) is 4.79 Å². The first-order valence-corrected chi connectivity index (χ1v) is 9.46. The van der Waals surface area contributed by atoms with Gasteiger partial charge in [0.1, 0.15) is 17.3 Å². The van der Waals surface area contributed by atoms with Crippen LogP contribution in [-0.2, 0) is 0 Å². The number of methoxy groups -OCH3 is 3. The number of aryl methyl sites for hydroxylation is 1. The lowest BCUT2D eigenvalue weighted by Crippen LogP contribution is -2.14. The molecule has 156 valence electrons. The minimum absolute atomic E-state index is 0.0336. The number of fused-ring (bicyclic) bond motifs is 1. The molecular weight excluding hydrogens is 396 g/mol. The van der Waals surface area contributed by atoms with Crippen LogP contribution in [0.15, 0.2) is 47.3 Å². The molecule has 0 aliphatic rings. The van der Waals surface area contributed by atoms with Crippen molar-refractivity contribution in [3.05, 3.63) is 64.1 Å². The lowest BCUT2D eigenvalue weighted by molar-refractivity contribution is 0.325. The number of pyridine rings is 1. The summed E-state index contributed by atoms with van der Waals surface area (Å²) in [5.41, 5.74) is 2.33. The highest BCUT2D eigenvalue weighted by Crippen LogP contribution is 2.46. The van der Waals surface area contributed by atoms with E-state index in [1.165, 1.54) is 21.3 Å². The van der Waals surface area contributed by atoms with Gasteiger partial charge in [-0.25, -0.2) is 4.68 Å². The van der Waals surface area contributed by atoms with Crippen molar-refractivity contribution in [3.8, 4) is 40.1 Å². The molecule has 0 spiro atoms. The van der Waals surface area contributed by atoms with Crippen molar-refractivity contribution in [3.63, 3.8) is 0 Å². The molecule has 8 nitrogen and oxygen atoms in total. The van der Waals surface area contributed by atoms with E-state index in [2.05, 4.69) is 10.1 Å². The zero-order valence-electron chi connectivity index (χ0n) is 17.5. The molecule has 0 amide bonds. The van der Waals surface area contributed by atoms with E-state index >= 15 is 0 Å². The summed E-state index contributed by atoms with van der Waals surface area (Å²) in [4.78, 5) is 15.7. The van der Waals surface area contributed by atoms with Crippen molar-refractivity contribution in [1.29, 1.82) is 5.26 Å². The molecule has 2 aromatic carbocycles. The summed E-state index contributed by atoms with van der Waals surface area (Å²) in [5.74, 6) is 1.20. The van der Waals surface area contributed by atoms with Gasteiger partial charge in [-0.05, 0) is 31.2 Å². The summed E-state index contributed by atoms with van der Waals surface area (Å²) in [5, 5.41) is 15.1. The highest BCUT2D eigenvalue weighted by atomic mass is 16.5. The Bertz CT molecular complexity index is 1380. The summed E-state index contributed by atoms with van der Waals surface area (Å²) in [6.07, 6.45) is 0. The second-order valence-electron chi connectivity index (χ2n) is 6.75. The molecule has 0 bridgehead atoms. The van der Waals surface area contributed by atoms with Gasteiger partial charge in [0, 0.05) is 16.5 Å². The molecule has 0 saturated heterocycles. The van der Waals surface area contributed by atoms with Crippen LogP contribution in [0.2, 0.25) is 0 Å². The van der Waals surface area contributed by atoms with Crippen molar-refractivity contribution in [2.45, 2.75) is 6.92 Å². The second kappa shape index (κ2) is 7.88. The van der Waals surface area contributed by atoms with Crippen LogP contribution in [0, 0.1) is 18.3 Å². The molecule has 31 heavy (non-hydrogen) atoms. The molecule has 0 aliphatic carbocycles. The van der Waals surface area contributed by atoms with Crippen molar-refractivity contribution in [2.24, 2.45) is 0 Å². The molecule has 4 aromatic rings. The Kier molecular flexibility index (Phi) is 5.09. The zero-order chi connectivity index (χ0) is 22.1. The lowest BCUT2D eigenvalue weighted by atomic mass is 9.96. The average molecular weight is 416 g/mol. The number of aromatic amines is 1. The largest absolute Gasteiger partial charge is 0.493 e. The fourth-order valence-electron chi connectivity index (χ4n) is 3.78. The first-order chi connectivity index (χ1) is 15.0. The van der Waals surface area contributed by atoms with Gasteiger partial charge in [-0.2, -0.15) is 10.4 Å². The maximum Gasteiger partial charge on any atom is 0.268 e. The summed E-state index contributed by atoms with van der Waals surface area (Å²) in [6.45, 7) is 1.83. The molecular formula is C23H20N4O4. The van der Waals surface area contributed by atoms with Crippen LogP contribution in [0.3, 0.4) is 0 Å². The van der Waals surface area contributed by atoms with Gasteiger partial charge in [-0.1, -0.05) is 18.2 Å². The van der Waals surface area contributed by atoms with Crippen LogP contribution >= 0.6 is 0 Å².